The van der Waals surface area contributed by atoms with Gasteiger partial charge in [0.15, 0.2) is 6.79 Å². The third-order valence-corrected chi connectivity index (χ3v) is 6.38. The Labute approximate surface area is 169 Å². The summed E-state index contributed by atoms with van der Waals surface area (Å²) < 4.78 is 12.5. The van der Waals surface area contributed by atoms with Crippen LogP contribution in [-0.2, 0) is 30.7 Å². The molecule has 3 aromatic rings. The monoisotopic (exact) mass is 417 g/mol. The molecule has 10 heteroatoms. The summed E-state index contributed by atoms with van der Waals surface area (Å²) in [6.07, 6.45) is 4.45. The van der Waals surface area contributed by atoms with E-state index in [9.17, 15) is 4.79 Å². The summed E-state index contributed by atoms with van der Waals surface area (Å²) in [7, 11) is 0. The molecule has 8 nitrogen and oxygen atoms in total. The molecule has 2 aromatic heterocycles. The molecule has 1 aromatic carbocycles. The van der Waals surface area contributed by atoms with E-state index < -0.39 is 0 Å². The van der Waals surface area contributed by atoms with Gasteiger partial charge in [-0.3, -0.25) is 4.79 Å². The van der Waals surface area contributed by atoms with Gasteiger partial charge < -0.3 is 14.8 Å². The maximum Gasteiger partial charge on any atom is 0.254 e. The van der Waals surface area contributed by atoms with E-state index >= 15 is 0 Å². The fourth-order valence-corrected chi connectivity index (χ4v) is 5.26. The Morgan fingerprint density at radius 1 is 1.36 bits per heavy atom. The van der Waals surface area contributed by atoms with Crippen LogP contribution in [0.15, 0.2) is 18.5 Å². The Kier molecular flexibility index (Phi) is 4.50. The summed E-state index contributed by atoms with van der Waals surface area (Å²) in [5, 5.41) is 15.7. The predicted molar refractivity (Wildman–Crippen MR) is 102 cm³/mol. The molecule has 1 aliphatic carbocycles. The Hall–Kier alpha value is -2.49. The first kappa shape index (κ1) is 17.6. The van der Waals surface area contributed by atoms with Crippen molar-refractivity contribution in [1.82, 2.24) is 25.5 Å². The first-order chi connectivity index (χ1) is 13.7. The third-order valence-electron chi connectivity index (χ3n) is 4.88. The van der Waals surface area contributed by atoms with Crippen LogP contribution in [0.2, 0.25) is 5.02 Å². The molecular formula is C18H16ClN5O3S. The van der Waals surface area contributed by atoms with Crippen LogP contribution in [0.3, 0.4) is 0 Å². The lowest BCUT2D eigenvalue weighted by atomic mass is 10.1. The number of hydrogen-bond acceptors (Lipinski definition) is 7. The molecule has 1 amide bonds. The first-order valence-corrected chi connectivity index (χ1v) is 10.1. The molecule has 0 fully saturated rings. The number of thiophene rings is 1. The average molecular weight is 418 g/mol. The van der Waals surface area contributed by atoms with Crippen LogP contribution in [0.4, 0.5) is 0 Å². The SMILES string of the molecule is O=C(NCc1cc(Cl)cc2c1OCOC2)c1c(-n2cnnn2)sc2c1CCC2. The number of amides is 1. The molecule has 144 valence electrons. The summed E-state index contributed by atoms with van der Waals surface area (Å²) in [6, 6.07) is 3.63. The summed E-state index contributed by atoms with van der Waals surface area (Å²) >= 11 is 7.80. The zero-order valence-electron chi connectivity index (χ0n) is 14.8. The number of halogens is 1. The summed E-state index contributed by atoms with van der Waals surface area (Å²) in [5.74, 6) is 0.581. The largest absolute Gasteiger partial charge is 0.467 e. The highest BCUT2D eigenvalue weighted by Gasteiger charge is 2.28. The van der Waals surface area contributed by atoms with Crippen LogP contribution in [0.25, 0.3) is 5.00 Å². The molecular weight excluding hydrogens is 402 g/mol. The predicted octanol–water partition coefficient (Wildman–Crippen LogP) is 2.66. The highest BCUT2D eigenvalue weighted by molar-refractivity contribution is 7.15. The van der Waals surface area contributed by atoms with Gasteiger partial charge in [0.05, 0.1) is 12.2 Å². The van der Waals surface area contributed by atoms with E-state index in [2.05, 4.69) is 20.8 Å². The highest BCUT2D eigenvalue weighted by atomic mass is 35.5. The maximum absolute atomic E-state index is 13.1. The molecule has 28 heavy (non-hydrogen) atoms. The van der Waals surface area contributed by atoms with Gasteiger partial charge >= 0.3 is 0 Å². The number of carbonyl (C=O) groups is 1. The van der Waals surface area contributed by atoms with Gasteiger partial charge in [-0.05, 0) is 47.4 Å². The molecule has 0 unspecified atom stereocenters. The summed E-state index contributed by atoms with van der Waals surface area (Å²) in [6.45, 7) is 0.941. The van der Waals surface area contributed by atoms with Crippen molar-refractivity contribution in [3.05, 3.63) is 50.6 Å². The van der Waals surface area contributed by atoms with Gasteiger partial charge in [0.2, 0.25) is 0 Å². The van der Waals surface area contributed by atoms with Gasteiger partial charge in [0.25, 0.3) is 5.91 Å². The van der Waals surface area contributed by atoms with Crippen LogP contribution in [0.5, 0.6) is 5.75 Å². The third kappa shape index (κ3) is 3.05. The normalized spacial score (nSPS) is 15.0. The van der Waals surface area contributed by atoms with Crippen molar-refractivity contribution < 1.29 is 14.3 Å². The number of aromatic nitrogens is 4. The van der Waals surface area contributed by atoms with E-state index in [0.29, 0.717) is 23.7 Å². The molecule has 2 aliphatic rings. The molecule has 0 saturated carbocycles. The maximum atomic E-state index is 13.1. The van der Waals surface area contributed by atoms with Gasteiger partial charge in [-0.1, -0.05) is 11.6 Å². The fraction of sp³-hybridized carbons (Fsp3) is 0.333. The first-order valence-electron chi connectivity index (χ1n) is 8.88. The number of nitrogens with zero attached hydrogens (tertiary/aromatic N) is 4. The minimum absolute atomic E-state index is 0.148. The summed E-state index contributed by atoms with van der Waals surface area (Å²) in [4.78, 5) is 14.4. The molecule has 0 spiro atoms. The molecule has 1 N–H and O–H groups in total. The molecule has 3 heterocycles. The van der Waals surface area contributed by atoms with E-state index in [1.807, 2.05) is 12.1 Å². The Morgan fingerprint density at radius 2 is 2.29 bits per heavy atom. The second-order valence-corrected chi connectivity index (χ2v) is 8.16. The minimum Gasteiger partial charge on any atom is -0.467 e. The molecule has 5 rings (SSSR count). The summed E-state index contributed by atoms with van der Waals surface area (Å²) in [5.41, 5.74) is 3.47. The molecule has 1 aliphatic heterocycles. The van der Waals surface area contributed by atoms with Crippen molar-refractivity contribution in [3.8, 4) is 10.8 Å². The lowest BCUT2D eigenvalue weighted by Crippen LogP contribution is -2.25. The molecule has 0 saturated heterocycles. The zero-order valence-corrected chi connectivity index (χ0v) is 16.3. The minimum atomic E-state index is -0.148. The number of rotatable bonds is 4. The Morgan fingerprint density at radius 3 is 3.14 bits per heavy atom. The number of hydrogen-bond donors (Lipinski definition) is 1. The van der Waals surface area contributed by atoms with E-state index in [0.717, 1.165) is 46.7 Å². The molecule has 0 atom stereocenters. The molecule has 0 radical (unpaired) electrons. The highest BCUT2D eigenvalue weighted by Crippen LogP contribution is 2.37. The lowest BCUT2D eigenvalue weighted by molar-refractivity contribution is -0.0170. The van der Waals surface area contributed by atoms with Gasteiger partial charge in [0, 0.05) is 27.6 Å². The van der Waals surface area contributed by atoms with Crippen LogP contribution >= 0.6 is 22.9 Å². The van der Waals surface area contributed by atoms with E-state index in [-0.39, 0.29) is 12.7 Å². The topological polar surface area (TPSA) is 91.2 Å². The zero-order chi connectivity index (χ0) is 19.1. The van der Waals surface area contributed by atoms with Crippen molar-refractivity contribution in [2.24, 2.45) is 0 Å². The average Bonchev–Trinajstić information content (AvgIpc) is 3.41. The Bertz CT molecular complexity index is 1050. The lowest BCUT2D eigenvalue weighted by Gasteiger charge is -2.21. The van der Waals surface area contributed by atoms with Gasteiger partial charge in [0.1, 0.15) is 17.1 Å². The van der Waals surface area contributed by atoms with Crippen molar-refractivity contribution in [3.63, 3.8) is 0 Å². The van der Waals surface area contributed by atoms with Crippen LogP contribution in [0, 0.1) is 0 Å². The van der Waals surface area contributed by atoms with Gasteiger partial charge in [-0.25, -0.2) is 0 Å². The number of aryl methyl sites for hydroxylation is 1. The van der Waals surface area contributed by atoms with Gasteiger partial charge in [-0.15, -0.1) is 16.4 Å². The van der Waals surface area contributed by atoms with Crippen molar-refractivity contribution in [2.45, 2.75) is 32.4 Å². The van der Waals surface area contributed by atoms with Crippen LogP contribution in [0.1, 0.15) is 38.3 Å². The standard InChI is InChI=1S/C18H16ClN5O3S/c19-12-4-10(16-11(5-12)7-26-9-27-16)6-20-17(25)15-13-2-1-3-14(13)28-18(15)24-8-21-22-23-24/h4-5,8H,1-3,6-7,9H2,(H,20,25). The van der Waals surface area contributed by atoms with E-state index in [4.69, 9.17) is 21.1 Å². The van der Waals surface area contributed by atoms with E-state index in [1.54, 1.807) is 16.0 Å². The van der Waals surface area contributed by atoms with Gasteiger partial charge in [-0.2, -0.15) is 4.68 Å². The van der Waals surface area contributed by atoms with Crippen molar-refractivity contribution in [2.75, 3.05) is 6.79 Å². The number of carbonyl (C=O) groups excluding carboxylic acids is 1. The second kappa shape index (κ2) is 7.16. The smallest absolute Gasteiger partial charge is 0.254 e. The fourth-order valence-electron chi connectivity index (χ4n) is 3.69. The number of ether oxygens (including phenoxy) is 2. The quantitative estimate of drug-likeness (QED) is 0.701. The number of benzene rings is 1. The van der Waals surface area contributed by atoms with Crippen LogP contribution < -0.4 is 10.1 Å². The van der Waals surface area contributed by atoms with Crippen molar-refractivity contribution in [1.29, 1.82) is 0 Å². The Balaban J connectivity index is 1.44. The number of fused-ring (bicyclic) bond motifs is 2. The second-order valence-electron chi connectivity index (χ2n) is 6.64. The number of tetrazole rings is 1. The number of nitrogens with one attached hydrogen (secondary N) is 1. The molecule has 0 bridgehead atoms. The van der Waals surface area contributed by atoms with Crippen LogP contribution in [-0.4, -0.2) is 32.9 Å². The van der Waals surface area contributed by atoms with Crippen molar-refractivity contribution >= 4 is 28.8 Å². The van der Waals surface area contributed by atoms with E-state index in [1.165, 1.54) is 11.2 Å².